The van der Waals surface area contributed by atoms with Crippen LogP contribution in [0.4, 0.5) is 25.8 Å². The van der Waals surface area contributed by atoms with Gasteiger partial charge in [-0.15, -0.1) is 0 Å². The van der Waals surface area contributed by atoms with Gasteiger partial charge in [-0.25, -0.2) is 24.0 Å². The highest BCUT2D eigenvalue weighted by Crippen LogP contribution is 2.17. The zero-order valence-electron chi connectivity index (χ0n) is 56.5. The number of anilines is 2. The van der Waals surface area contributed by atoms with Crippen LogP contribution in [0, 0.1) is 0 Å². The van der Waals surface area contributed by atoms with E-state index in [1.807, 2.05) is 71.9 Å². The number of alkyl carbamates (subject to hydrolysis) is 2. The minimum atomic E-state index is -1.03. The first-order valence-electron chi connectivity index (χ1n) is 31.5. The summed E-state index contributed by atoms with van der Waals surface area (Å²) < 4.78 is 58.1. The highest BCUT2D eigenvalue weighted by atomic mass is 16.6. The molecule has 526 valence electrons. The molecule has 7 N–H and O–H groups in total. The van der Waals surface area contributed by atoms with E-state index >= 15 is 0 Å². The van der Waals surface area contributed by atoms with Gasteiger partial charge in [-0.2, -0.15) is 0 Å². The summed E-state index contributed by atoms with van der Waals surface area (Å²) in [6, 6.07) is 20.3. The highest BCUT2D eigenvalue weighted by molar-refractivity contribution is 5.98. The predicted molar refractivity (Wildman–Crippen MR) is 350 cm³/mol. The topological polar surface area (TPSA) is 343 Å². The fourth-order valence-electron chi connectivity index (χ4n) is 7.78. The summed E-state index contributed by atoms with van der Waals surface area (Å²) in [6.07, 6.45) is 1.29. The lowest BCUT2D eigenvalue weighted by Gasteiger charge is -2.19. The molecule has 0 aliphatic heterocycles. The second-order valence-corrected chi connectivity index (χ2v) is 22.8. The second-order valence-electron chi connectivity index (χ2n) is 22.8. The molecule has 7 amide bonds. The van der Waals surface area contributed by atoms with Crippen molar-refractivity contribution in [2.24, 2.45) is 0 Å². The molecule has 3 aromatic rings. The molecule has 0 bridgehead atoms. The normalized spacial score (nSPS) is 11.6. The maximum Gasteiger partial charge on any atom is 0.414 e. The fourth-order valence-corrected chi connectivity index (χ4v) is 7.78. The van der Waals surface area contributed by atoms with E-state index in [1.165, 1.54) is 31.3 Å². The maximum atomic E-state index is 12.9. The van der Waals surface area contributed by atoms with E-state index in [0.29, 0.717) is 142 Å². The Balaban J connectivity index is 0.000000655. The Kier molecular flexibility index (Phi) is 42.3. The lowest BCUT2D eigenvalue weighted by atomic mass is 10.1. The summed E-state index contributed by atoms with van der Waals surface area (Å²) in [5.74, 6) is -2.76. The van der Waals surface area contributed by atoms with Gasteiger partial charge in [0.1, 0.15) is 29.9 Å². The molecular weight excluding hydrogens is 1220 g/mol. The number of hydrogen-bond donors (Lipinski definition) is 7. The Morgan fingerprint density at radius 3 is 1.16 bits per heavy atom. The molecule has 2 atom stereocenters. The van der Waals surface area contributed by atoms with E-state index in [4.69, 9.17) is 52.1 Å². The van der Waals surface area contributed by atoms with Crippen LogP contribution in [0.15, 0.2) is 78.9 Å². The number of amides is 7. The van der Waals surface area contributed by atoms with Crippen LogP contribution in [-0.2, 0) is 77.9 Å². The maximum absolute atomic E-state index is 12.9. The van der Waals surface area contributed by atoms with Crippen molar-refractivity contribution in [1.29, 1.82) is 0 Å². The number of ether oxygens (including phenoxy) is 11. The lowest BCUT2D eigenvalue weighted by molar-refractivity contribution is -0.144. The van der Waals surface area contributed by atoms with Crippen LogP contribution in [0.25, 0.3) is 0 Å². The van der Waals surface area contributed by atoms with Crippen molar-refractivity contribution in [3.8, 4) is 0 Å². The van der Waals surface area contributed by atoms with E-state index in [1.54, 1.807) is 50.5 Å². The van der Waals surface area contributed by atoms with Crippen molar-refractivity contribution in [3.05, 3.63) is 95.6 Å². The van der Waals surface area contributed by atoms with Gasteiger partial charge in [-0.3, -0.25) is 24.1 Å². The summed E-state index contributed by atoms with van der Waals surface area (Å²) in [5.41, 5.74) is 1.84. The summed E-state index contributed by atoms with van der Waals surface area (Å²) in [4.78, 5) is 111. The number of nitrogens with one attached hydrogen (secondary N) is 7. The van der Waals surface area contributed by atoms with Gasteiger partial charge in [0, 0.05) is 102 Å². The molecule has 0 aliphatic rings. The summed E-state index contributed by atoms with van der Waals surface area (Å²) in [7, 11) is 5.78. The van der Waals surface area contributed by atoms with Gasteiger partial charge < -0.3 is 89.3 Å². The molecule has 0 saturated heterocycles. The van der Waals surface area contributed by atoms with Gasteiger partial charge >= 0.3 is 30.2 Å². The molecule has 94 heavy (non-hydrogen) atoms. The number of esters is 2. The van der Waals surface area contributed by atoms with E-state index < -0.39 is 65.3 Å². The first-order chi connectivity index (χ1) is 44.9. The van der Waals surface area contributed by atoms with Crippen LogP contribution in [0.2, 0.25) is 0 Å². The van der Waals surface area contributed by atoms with Crippen LogP contribution < -0.4 is 42.1 Å². The molecule has 0 aromatic heterocycles. The molecular formula is C66H102N8O20. The molecule has 0 radical (unpaired) electrons. The number of rotatable bonds is 44. The largest absolute Gasteiger partial charge is 0.467 e. The van der Waals surface area contributed by atoms with Crippen molar-refractivity contribution in [2.75, 3.05) is 144 Å². The Bertz CT molecular complexity index is 2660. The molecule has 0 heterocycles. The second kappa shape index (κ2) is 48.5. The number of hydrogen-bond acceptors (Lipinski definition) is 21. The molecule has 3 rings (SSSR count). The zero-order chi connectivity index (χ0) is 69.4. The number of methoxy groups -OCH3 is 2. The smallest absolute Gasteiger partial charge is 0.414 e. The van der Waals surface area contributed by atoms with Gasteiger partial charge in [0.2, 0.25) is 11.8 Å². The quantitative estimate of drug-likeness (QED) is 0.0187. The average Bonchev–Trinajstić information content (AvgIpc) is 1.02. The number of benzene rings is 3. The van der Waals surface area contributed by atoms with Crippen molar-refractivity contribution in [1.82, 2.24) is 31.9 Å². The zero-order valence-corrected chi connectivity index (χ0v) is 56.5. The summed E-state index contributed by atoms with van der Waals surface area (Å²) in [5, 5.41) is 19.1. The van der Waals surface area contributed by atoms with Gasteiger partial charge in [-0.05, 0) is 134 Å². The van der Waals surface area contributed by atoms with E-state index in [-0.39, 0.29) is 49.7 Å². The van der Waals surface area contributed by atoms with Crippen LogP contribution >= 0.6 is 0 Å². The highest BCUT2D eigenvalue weighted by Gasteiger charge is 2.25. The molecule has 0 spiro atoms. The standard InChI is InChI=1S/C37H54N4O11.C29H48N4O9/c1-37(2,3)52-35(45)39-20-10-22-49-24-26-50-25-23-48-21-9-19-38-32(42)18-17-31(34(44)47-5)40-33(43)29-13-15-30(16-14-29)41(4)36(46)51-27-28-11-7-6-8-12-28;1-29(2,3)42-28(37)32-15-7-17-40-19-21-41-20-18-39-16-6-14-31-25(34)13-12-24(27(36)38-5)33-26(35)22-8-10-23(30-4)11-9-22/h6-8,11-16,31H,9-10,17-27H2,1-5H3,(H,38,42)(H,39,45)(H,40,43);8-11,24,30H,6-7,12-21H2,1-5H3,(H,31,34)(H,32,37)(H,33,35). The monoisotopic (exact) mass is 1330 g/mol. The molecule has 0 fully saturated rings. The number of nitrogens with zero attached hydrogens (tertiary/aromatic N) is 1. The van der Waals surface area contributed by atoms with Gasteiger partial charge in [0.05, 0.1) is 67.1 Å². The summed E-state index contributed by atoms with van der Waals surface area (Å²) >= 11 is 0. The van der Waals surface area contributed by atoms with E-state index in [9.17, 15) is 43.2 Å². The Hall–Kier alpha value is -8.15. The third-order valence-corrected chi connectivity index (χ3v) is 12.7. The first-order valence-corrected chi connectivity index (χ1v) is 31.5. The lowest BCUT2D eigenvalue weighted by Crippen LogP contribution is -2.42. The van der Waals surface area contributed by atoms with Crippen molar-refractivity contribution in [3.63, 3.8) is 0 Å². The fraction of sp³-hybridized carbons (Fsp3) is 0.591. The third-order valence-electron chi connectivity index (χ3n) is 12.7. The molecule has 28 heteroatoms. The minimum Gasteiger partial charge on any atom is -0.467 e. The third kappa shape index (κ3) is 40.7. The predicted octanol–water partition coefficient (Wildman–Crippen LogP) is 6.23. The molecule has 28 nitrogen and oxygen atoms in total. The van der Waals surface area contributed by atoms with Gasteiger partial charge in [0.25, 0.3) is 11.8 Å². The molecule has 0 aliphatic carbocycles. The SMILES string of the molecule is CNc1ccc(C(=O)NC(CCC(=O)NCCCOCCOCCOCCCNC(=O)OC(C)(C)C)C(=O)OC)cc1.COC(=O)C(CCC(=O)NCCCOCCOCCOCCCNC(=O)OC(C)(C)C)NC(=O)c1ccc(N(C)C(=O)OCc2ccccc2)cc1. The van der Waals surface area contributed by atoms with Crippen molar-refractivity contribution >= 4 is 65.2 Å². The molecule has 2 unspecified atom stereocenters. The van der Waals surface area contributed by atoms with Crippen molar-refractivity contribution < 1.29 is 95.3 Å². The van der Waals surface area contributed by atoms with Crippen LogP contribution in [0.3, 0.4) is 0 Å². The van der Waals surface area contributed by atoms with Gasteiger partial charge in [-0.1, -0.05) is 30.3 Å². The minimum absolute atomic E-state index is 0.00804. The first kappa shape index (κ1) is 81.9. The number of carbonyl (C=O) groups is 9. The Morgan fingerprint density at radius 1 is 0.457 bits per heavy atom. The Labute approximate surface area is 552 Å². The van der Waals surface area contributed by atoms with Crippen LogP contribution in [0.5, 0.6) is 0 Å². The number of carbonyl (C=O) groups excluding carboxylic acids is 9. The van der Waals surface area contributed by atoms with E-state index in [2.05, 4.69) is 37.2 Å². The van der Waals surface area contributed by atoms with Gasteiger partial charge in [0.15, 0.2) is 0 Å². The Morgan fingerprint density at radius 2 is 0.809 bits per heavy atom. The van der Waals surface area contributed by atoms with Crippen LogP contribution in [0.1, 0.15) is 119 Å². The average molecular weight is 1330 g/mol. The van der Waals surface area contributed by atoms with E-state index in [0.717, 1.165) is 11.3 Å². The summed E-state index contributed by atoms with van der Waals surface area (Å²) in [6.45, 7) is 18.0. The molecule has 3 aromatic carbocycles. The molecule has 0 saturated carbocycles. The van der Waals surface area contributed by atoms with Crippen LogP contribution in [-0.4, -0.2) is 211 Å². The van der Waals surface area contributed by atoms with Crippen molar-refractivity contribution in [2.45, 2.75) is 123 Å².